The van der Waals surface area contributed by atoms with Crippen molar-refractivity contribution >= 4 is 17.3 Å². The number of hydrogen-bond donors (Lipinski definition) is 1. The van der Waals surface area contributed by atoms with Crippen molar-refractivity contribution in [1.29, 1.82) is 0 Å². The number of methoxy groups -OCH3 is 1. The third-order valence-electron chi connectivity index (χ3n) is 3.52. The van der Waals surface area contributed by atoms with Crippen molar-refractivity contribution in [1.82, 2.24) is 0 Å². The van der Waals surface area contributed by atoms with Gasteiger partial charge in [-0.1, -0.05) is 11.6 Å². The summed E-state index contributed by atoms with van der Waals surface area (Å²) in [6.07, 6.45) is 5.12. The van der Waals surface area contributed by atoms with E-state index in [0.717, 1.165) is 48.0 Å². The maximum absolute atomic E-state index is 6.09. The van der Waals surface area contributed by atoms with E-state index in [2.05, 4.69) is 5.32 Å². The molecule has 1 heterocycles. The number of benzene rings is 1. The smallest absolute Gasteiger partial charge is 0.143 e. The summed E-state index contributed by atoms with van der Waals surface area (Å²) in [6.45, 7) is 3.86. The number of aryl methyl sites for hydroxylation is 1. The SMILES string of the molecule is COc1cc(Cl)c(C)cc1NCCCC1CCCO1. The van der Waals surface area contributed by atoms with Gasteiger partial charge in [0.05, 0.1) is 18.9 Å². The van der Waals surface area contributed by atoms with Gasteiger partial charge in [0, 0.05) is 24.2 Å². The molecule has 4 heteroatoms. The molecule has 1 N–H and O–H groups in total. The van der Waals surface area contributed by atoms with Gasteiger partial charge < -0.3 is 14.8 Å². The van der Waals surface area contributed by atoms with Crippen LogP contribution >= 0.6 is 11.6 Å². The van der Waals surface area contributed by atoms with Gasteiger partial charge in [0.15, 0.2) is 0 Å². The molecule has 1 unspecified atom stereocenters. The van der Waals surface area contributed by atoms with Crippen LogP contribution in [0.15, 0.2) is 12.1 Å². The van der Waals surface area contributed by atoms with E-state index in [0.29, 0.717) is 6.10 Å². The fourth-order valence-corrected chi connectivity index (χ4v) is 2.55. The molecule has 1 fully saturated rings. The van der Waals surface area contributed by atoms with Gasteiger partial charge in [-0.25, -0.2) is 0 Å². The van der Waals surface area contributed by atoms with E-state index < -0.39 is 0 Å². The highest BCUT2D eigenvalue weighted by Gasteiger charge is 2.14. The Hall–Kier alpha value is -0.930. The van der Waals surface area contributed by atoms with E-state index in [1.807, 2.05) is 19.1 Å². The first-order chi connectivity index (χ1) is 9.20. The Morgan fingerprint density at radius 2 is 2.32 bits per heavy atom. The predicted molar refractivity (Wildman–Crippen MR) is 79.4 cm³/mol. The molecule has 1 aromatic carbocycles. The third-order valence-corrected chi connectivity index (χ3v) is 3.93. The molecule has 19 heavy (non-hydrogen) atoms. The quantitative estimate of drug-likeness (QED) is 0.800. The average molecular weight is 284 g/mol. The summed E-state index contributed by atoms with van der Waals surface area (Å²) in [5.41, 5.74) is 2.07. The minimum Gasteiger partial charge on any atom is -0.495 e. The second-order valence-corrected chi connectivity index (χ2v) is 5.41. The first kappa shape index (κ1) is 14.5. The lowest BCUT2D eigenvalue weighted by atomic mass is 10.1. The Balaban J connectivity index is 1.82. The van der Waals surface area contributed by atoms with Crippen LogP contribution in [0.3, 0.4) is 0 Å². The van der Waals surface area contributed by atoms with Gasteiger partial charge in [-0.3, -0.25) is 0 Å². The Morgan fingerprint density at radius 1 is 1.47 bits per heavy atom. The number of nitrogens with one attached hydrogen (secondary N) is 1. The molecular formula is C15H22ClNO2. The highest BCUT2D eigenvalue weighted by Crippen LogP contribution is 2.31. The minimum absolute atomic E-state index is 0.468. The largest absolute Gasteiger partial charge is 0.495 e. The number of rotatable bonds is 6. The highest BCUT2D eigenvalue weighted by molar-refractivity contribution is 6.31. The Morgan fingerprint density at radius 3 is 3.00 bits per heavy atom. The zero-order chi connectivity index (χ0) is 13.7. The van der Waals surface area contributed by atoms with E-state index in [4.69, 9.17) is 21.1 Å². The molecule has 3 nitrogen and oxygen atoms in total. The molecule has 0 aliphatic carbocycles. The van der Waals surface area contributed by atoms with Gasteiger partial charge in [0.2, 0.25) is 0 Å². The van der Waals surface area contributed by atoms with Gasteiger partial charge in [-0.15, -0.1) is 0 Å². The van der Waals surface area contributed by atoms with Crippen LogP contribution in [0.25, 0.3) is 0 Å². The van der Waals surface area contributed by atoms with Crippen molar-refractivity contribution < 1.29 is 9.47 Å². The second-order valence-electron chi connectivity index (χ2n) is 5.01. The first-order valence-corrected chi connectivity index (χ1v) is 7.28. The van der Waals surface area contributed by atoms with E-state index in [1.54, 1.807) is 7.11 Å². The zero-order valence-corrected chi connectivity index (χ0v) is 12.4. The van der Waals surface area contributed by atoms with Crippen LogP contribution in [0.4, 0.5) is 5.69 Å². The maximum atomic E-state index is 6.09. The van der Waals surface area contributed by atoms with Crippen molar-refractivity contribution in [3.05, 3.63) is 22.7 Å². The molecule has 1 saturated heterocycles. The van der Waals surface area contributed by atoms with Crippen molar-refractivity contribution in [3.63, 3.8) is 0 Å². The molecule has 106 valence electrons. The van der Waals surface area contributed by atoms with Crippen LogP contribution in [0, 0.1) is 6.92 Å². The lowest BCUT2D eigenvalue weighted by Crippen LogP contribution is -2.09. The average Bonchev–Trinajstić information content (AvgIpc) is 2.91. The summed E-state index contributed by atoms with van der Waals surface area (Å²) in [5, 5.41) is 4.15. The van der Waals surface area contributed by atoms with E-state index >= 15 is 0 Å². The van der Waals surface area contributed by atoms with E-state index in [9.17, 15) is 0 Å². The molecule has 1 aliphatic heterocycles. The van der Waals surface area contributed by atoms with Crippen LogP contribution in [0.1, 0.15) is 31.2 Å². The standard InChI is InChI=1S/C15H22ClNO2/c1-11-9-14(15(18-2)10-13(11)16)17-7-3-5-12-6-4-8-19-12/h9-10,12,17H,3-8H2,1-2H3. The summed E-state index contributed by atoms with van der Waals surface area (Å²) in [4.78, 5) is 0. The molecule has 0 aromatic heterocycles. The first-order valence-electron chi connectivity index (χ1n) is 6.90. The van der Waals surface area contributed by atoms with Gasteiger partial charge in [-0.2, -0.15) is 0 Å². The lowest BCUT2D eigenvalue weighted by Gasteiger charge is -2.14. The van der Waals surface area contributed by atoms with Gasteiger partial charge in [0.25, 0.3) is 0 Å². The van der Waals surface area contributed by atoms with E-state index in [-0.39, 0.29) is 0 Å². The molecule has 0 spiro atoms. The second kappa shape index (κ2) is 7.01. The zero-order valence-electron chi connectivity index (χ0n) is 11.7. The summed E-state index contributed by atoms with van der Waals surface area (Å²) in [7, 11) is 1.67. The number of hydrogen-bond acceptors (Lipinski definition) is 3. The van der Waals surface area contributed by atoms with Gasteiger partial charge >= 0.3 is 0 Å². The lowest BCUT2D eigenvalue weighted by molar-refractivity contribution is 0.103. The Labute approximate surface area is 120 Å². The van der Waals surface area contributed by atoms with Crippen molar-refractivity contribution in [2.24, 2.45) is 0 Å². The summed E-state index contributed by atoms with van der Waals surface area (Å²) < 4.78 is 11.0. The number of halogens is 1. The van der Waals surface area contributed by atoms with Crippen LogP contribution in [0.5, 0.6) is 5.75 Å². The molecule has 0 saturated carbocycles. The molecular weight excluding hydrogens is 262 g/mol. The molecule has 1 atom stereocenters. The normalized spacial score (nSPS) is 18.6. The minimum atomic E-state index is 0.468. The predicted octanol–water partition coefficient (Wildman–Crippen LogP) is 4.03. The monoisotopic (exact) mass is 283 g/mol. The fraction of sp³-hybridized carbons (Fsp3) is 0.600. The molecule has 0 radical (unpaired) electrons. The fourth-order valence-electron chi connectivity index (χ4n) is 2.40. The molecule has 0 amide bonds. The molecule has 1 aromatic rings. The van der Waals surface area contributed by atoms with Crippen LogP contribution in [0.2, 0.25) is 5.02 Å². The van der Waals surface area contributed by atoms with Gasteiger partial charge in [-0.05, 0) is 44.2 Å². The molecule has 0 bridgehead atoms. The number of ether oxygens (including phenoxy) is 2. The Bertz CT molecular complexity index is 417. The highest BCUT2D eigenvalue weighted by atomic mass is 35.5. The molecule has 1 aliphatic rings. The number of anilines is 1. The van der Waals surface area contributed by atoms with Crippen LogP contribution in [-0.2, 0) is 4.74 Å². The van der Waals surface area contributed by atoms with Crippen molar-refractivity contribution in [2.75, 3.05) is 25.6 Å². The van der Waals surface area contributed by atoms with Crippen molar-refractivity contribution in [2.45, 2.75) is 38.7 Å². The summed E-state index contributed by atoms with van der Waals surface area (Å²) in [5.74, 6) is 0.799. The third kappa shape index (κ3) is 4.02. The maximum Gasteiger partial charge on any atom is 0.143 e. The van der Waals surface area contributed by atoms with Crippen LogP contribution < -0.4 is 10.1 Å². The molecule has 2 rings (SSSR count). The van der Waals surface area contributed by atoms with Crippen molar-refractivity contribution in [3.8, 4) is 5.75 Å². The Kier molecular flexibility index (Phi) is 5.34. The summed E-state index contributed by atoms with van der Waals surface area (Å²) >= 11 is 6.09. The topological polar surface area (TPSA) is 30.5 Å². The summed E-state index contributed by atoms with van der Waals surface area (Å²) in [6, 6.07) is 3.90. The van der Waals surface area contributed by atoms with E-state index in [1.165, 1.54) is 12.8 Å². The van der Waals surface area contributed by atoms with Gasteiger partial charge in [0.1, 0.15) is 5.75 Å². The van der Waals surface area contributed by atoms with Crippen LogP contribution in [-0.4, -0.2) is 26.4 Å².